The molecule has 0 heterocycles. The van der Waals surface area contributed by atoms with Crippen molar-refractivity contribution in [3.05, 3.63) is 89.5 Å². The number of methoxy groups -OCH3 is 3. The van der Waals surface area contributed by atoms with Crippen molar-refractivity contribution < 1.29 is 28.5 Å². The number of benzene rings is 3. The number of hydrogen-bond donors (Lipinski definition) is 0. The Hall–Kier alpha value is -4.06. The smallest absolute Gasteiger partial charge is 0.343 e. The van der Waals surface area contributed by atoms with Crippen molar-refractivity contribution in [3.8, 4) is 23.0 Å². The van der Waals surface area contributed by atoms with Crippen LogP contribution in [0.2, 0.25) is 0 Å². The quantitative estimate of drug-likeness (QED) is 0.226. The molecule has 0 N–H and O–H groups in total. The van der Waals surface area contributed by atoms with Crippen molar-refractivity contribution in [2.24, 2.45) is 0 Å². The Morgan fingerprint density at radius 1 is 0.710 bits per heavy atom. The predicted molar refractivity (Wildman–Crippen MR) is 117 cm³/mol. The molecule has 0 saturated carbocycles. The molecule has 31 heavy (non-hydrogen) atoms. The Morgan fingerprint density at radius 2 is 1.35 bits per heavy atom. The summed E-state index contributed by atoms with van der Waals surface area (Å²) in [6.45, 7) is 0. The van der Waals surface area contributed by atoms with Crippen LogP contribution in [-0.4, -0.2) is 33.1 Å². The highest BCUT2D eigenvalue weighted by Crippen LogP contribution is 2.28. The molecule has 0 bridgehead atoms. The second kappa shape index (κ2) is 10.1. The lowest BCUT2D eigenvalue weighted by Crippen LogP contribution is -2.09. The number of carbonyl (C=O) groups is 2. The van der Waals surface area contributed by atoms with Gasteiger partial charge >= 0.3 is 5.97 Å². The molecule has 0 aliphatic carbocycles. The molecule has 0 saturated heterocycles. The maximum absolute atomic E-state index is 12.4. The average molecular weight is 418 g/mol. The number of carbonyl (C=O) groups excluding carboxylic acids is 2. The van der Waals surface area contributed by atoms with Crippen LogP contribution in [0.25, 0.3) is 6.08 Å². The number of ether oxygens (including phenoxy) is 4. The summed E-state index contributed by atoms with van der Waals surface area (Å²) in [5.41, 5.74) is 1.59. The largest absolute Gasteiger partial charge is 0.496 e. The molecule has 3 rings (SSSR count). The predicted octanol–water partition coefficient (Wildman–Crippen LogP) is 4.83. The summed E-state index contributed by atoms with van der Waals surface area (Å²) >= 11 is 0. The Morgan fingerprint density at radius 3 is 2.03 bits per heavy atom. The van der Waals surface area contributed by atoms with E-state index in [0.29, 0.717) is 34.1 Å². The van der Waals surface area contributed by atoms with Gasteiger partial charge in [-0.15, -0.1) is 0 Å². The zero-order chi connectivity index (χ0) is 22.2. The first kappa shape index (κ1) is 21.6. The second-order valence-electron chi connectivity index (χ2n) is 6.42. The minimum Gasteiger partial charge on any atom is -0.496 e. The van der Waals surface area contributed by atoms with Gasteiger partial charge in [0.25, 0.3) is 0 Å². The number of rotatable bonds is 8. The van der Waals surface area contributed by atoms with E-state index < -0.39 is 5.97 Å². The van der Waals surface area contributed by atoms with Gasteiger partial charge in [-0.1, -0.05) is 18.2 Å². The van der Waals surface area contributed by atoms with Gasteiger partial charge in [0.05, 0.1) is 26.9 Å². The fraction of sp³-hybridized carbons (Fsp3) is 0.120. The fourth-order valence-corrected chi connectivity index (χ4v) is 2.88. The molecule has 6 nitrogen and oxygen atoms in total. The van der Waals surface area contributed by atoms with Crippen LogP contribution in [0.15, 0.2) is 72.8 Å². The third kappa shape index (κ3) is 5.30. The lowest BCUT2D eigenvalue weighted by atomic mass is 10.1. The Bertz CT molecular complexity index is 1100. The van der Waals surface area contributed by atoms with Crippen molar-refractivity contribution in [1.82, 2.24) is 0 Å². The first-order valence-electron chi connectivity index (χ1n) is 9.45. The van der Waals surface area contributed by atoms with Gasteiger partial charge in [0.2, 0.25) is 0 Å². The van der Waals surface area contributed by atoms with Gasteiger partial charge in [-0.05, 0) is 60.7 Å². The summed E-state index contributed by atoms with van der Waals surface area (Å²) < 4.78 is 21.0. The van der Waals surface area contributed by atoms with E-state index in [4.69, 9.17) is 18.9 Å². The number of hydrogen-bond acceptors (Lipinski definition) is 6. The SMILES string of the molecule is COc1ccccc1C=CC(=O)c1ccc(OC(=O)c2ccc(OC)c(OC)c2)cc1. The molecule has 0 aliphatic heterocycles. The summed E-state index contributed by atoms with van der Waals surface area (Å²) in [6, 6.07) is 18.5. The van der Waals surface area contributed by atoms with E-state index in [2.05, 4.69) is 0 Å². The van der Waals surface area contributed by atoms with Crippen molar-refractivity contribution in [2.45, 2.75) is 0 Å². The zero-order valence-corrected chi connectivity index (χ0v) is 17.5. The molecule has 0 unspecified atom stereocenters. The molecular formula is C25H22O6. The van der Waals surface area contributed by atoms with E-state index in [0.717, 1.165) is 5.56 Å². The molecule has 6 heteroatoms. The average Bonchev–Trinajstić information content (AvgIpc) is 2.82. The van der Waals surface area contributed by atoms with Crippen LogP contribution in [0.3, 0.4) is 0 Å². The van der Waals surface area contributed by atoms with Gasteiger partial charge in [0, 0.05) is 11.1 Å². The Balaban J connectivity index is 1.68. The molecule has 0 atom stereocenters. The topological polar surface area (TPSA) is 71.1 Å². The van der Waals surface area contributed by atoms with Gasteiger partial charge in [-0.3, -0.25) is 4.79 Å². The van der Waals surface area contributed by atoms with Gasteiger partial charge < -0.3 is 18.9 Å². The third-order valence-corrected chi connectivity index (χ3v) is 4.52. The van der Waals surface area contributed by atoms with Gasteiger partial charge in [0.1, 0.15) is 11.5 Å². The Kier molecular flexibility index (Phi) is 7.06. The zero-order valence-electron chi connectivity index (χ0n) is 17.5. The molecule has 0 aromatic heterocycles. The van der Waals surface area contributed by atoms with Crippen molar-refractivity contribution in [3.63, 3.8) is 0 Å². The minimum atomic E-state index is -0.545. The summed E-state index contributed by atoms with van der Waals surface area (Å²) in [5, 5.41) is 0. The first-order valence-corrected chi connectivity index (χ1v) is 9.45. The van der Waals surface area contributed by atoms with E-state index in [9.17, 15) is 9.59 Å². The number of para-hydroxylation sites is 1. The molecular weight excluding hydrogens is 396 g/mol. The summed E-state index contributed by atoms with van der Waals surface area (Å²) in [4.78, 5) is 24.9. The van der Waals surface area contributed by atoms with Gasteiger partial charge in [-0.2, -0.15) is 0 Å². The molecule has 0 aliphatic rings. The van der Waals surface area contributed by atoms with E-state index in [-0.39, 0.29) is 5.78 Å². The van der Waals surface area contributed by atoms with Crippen LogP contribution < -0.4 is 18.9 Å². The molecule has 0 fully saturated rings. The highest BCUT2D eigenvalue weighted by atomic mass is 16.5. The molecule has 0 spiro atoms. The summed E-state index contributed by atoms with van der Waals surface area (Å²) in [5.74, 6) is 1.23. The van der Waals surface area contributed by atoms with E-state index in [1.54, 1.807) is 55.7 Å². The monoisotopic (exact) mass is 418 g/mol. The van der Waals surface area contributed by atoms with Crippen LogP contribution in [-0.2, 0) is 0 Å². The van der Waals surface area contributed by atoms with Crippen molar-refractivity contribution >= 4 is 17.8 Å². The van der Waals surface area contributed by atoms with E-state index in [1.807, 2.05) is 24.3 Å². The number of ketones is 1. The maximum Gasteiger partial charge on any atom is 0.343 e. The molecule has 0 amide bonds. The first-order chi connectivity index (χ1) is 15.0. The van der Waals surface area contributed by atoms with Gasteiger partial charge in [-0.25, -0.2) is 4.79 Å². The minimum absolute atomic E-state index is 0.177. The second-order valence-corrected chi connectivity index (χ2v) is 6.42. The van der Waals surface area contributed by atoms with Crippen molar-refractivity contribution in [2.75, 3.05) is 21.3 Å². The van der Waals surface area contributed by atoms with E-state index in [1.165, 1.54) is 20.3 Å². The molecule has 158 valence electrons. The highest BCUT2D eigenvalue weighted by Gasteiger charge is 2.13. The number of allylic oxidation sites excluding steroid dienone is 1. The maximum atomic E-state index is 12.4. The van der Waals surface area contributed by atoms with Crippen LogP contribution >= 0.6 is 0 Å². The van der Waals surface area contributed by atoms with Crippen LogP contribution in [0, 0.1) is 0 Å². The lowest BCUT2D eigenvalue weighted by Gasteiger charge is -2.09. The van der Waals surface area contributed by atoms with Crippen LogP contribution in [0.4, 0.5) is 0 Å². The summed E-state index contributed by atoms with van der Waals surface area (Å²) in [6.07, 6.45) is 3.18. The van der Waals surface area contributed by atoms with Crippen LogP contribution in [0.5, 0.6) is 23.0 Å². The third-order valence-electron chi connectivity index (χ3n) is 4.52. The van der Waals surface area contributed by atoms with Crippen LogP contribution in [0.1, 0.15) is 26.3 Å². The summed E-state index contributed by atoms with van der Waals surface area (Å²) in [7, 11) is 4.59. The molecule has 0 radical (unpaired) electrons. The molecule has 3 aromatic rings. The normalized spacial score (nSPS) is 10.5. The van der Waals surface area contributed by atoms with E-state index >= 15 is 0 Å². The standard InChI is InChI=1S/C25H22O6/c1-28-22-7-5-4-6-18(22)10-14-21(26)17-8-12-20(13-9-17)31-25(27)19-11-15-23(29-2)24(16-19)30-3/h4-16H,1-3H3. The highest BCUT2D eigenvalue weighted by molar-refractivity contribution is 6.07. The lowest BCUT2D eigenvalue weighted by molar-refractivity contribution is 0.0734. The number of esters is 1. The van der Waals surface area contributed by atoms with Crippen molar-refractivity contribution in [1.29, 1.82) is 0 Å². The van der Waals surface area contributed by atoms with Gasteiger partial charge in [0.15, 0.2) is 17.3 Å². The molecule has 3 aromatic carbocycles. The Labute approximate surface area is 180 Å². The fourth-order valence-electron chi connectivity index (χ4n) is 2.88.